The number of ether oxygens (including phenoxy) is 1. The maximum atomic E-state index is 11.1. The lowest BCUT2D eigenvalue weighted by molar-refractivity contribution is -0.159. The number of hydrogen-bond acceptors (Lipinski definition) is 3. The number of aliphatic carboxylic acids is 1. The summed E-state index contributed by atoms with van der Waals surface area (Å²) in [6, 6.07) is 10.6. The number of benzene rings is 1. The minimum absolute atomic E-state index is 0.0921. The molecule has 0 saturated heterocycles. The van der Waals surface area contributed by atoms with Crippen LogP contribution in [0.5, 0.6) is 0 Å². The fourth-order valence-corrected chi connectivity index (χ4v) is 6.09. The van der Waals surface area contributed by atoms with Crippen LogP contribution in [0, 0.1) is 0 Å². The van der Waals surface area contributed by atoms with Crippen LogP contribution >= 0.6 is 11.8 Å². The Morgan fingerprint density at radius 2 is 1.65 bits per heavy atom. The smallest absolute Gasteiger partial charge is 0.329 e. The number of rotatable bonds is 6. The zero-order valence-corrected chi connectivity index (χ0v) is 14.4. The van der Waals surface area contributed by atoms with Crippen molar-refractivity contribution in [3.05, 3.63) is 35.9 Å². The molecule has 0 aliphatic heterocycles. The van der Waals surface area contributed by atoms with Gasteiger partial charge < -0.3 is 9.84 Å². The van der Waals surface area contributed by atoms with Gasteiger partial charge in [0, 0.05) is 10.5 Å². The molecule has 0 heterocycles. The van der Waals surface area contributed by atoms with Crippen LogP contribution in [0.3, 0.4) is 0 Å². The first-order valence-corrected chi connectivity index (χ1v) is 9.68. The molecule has 3 rings (SSSR count). The quantitative estimate of drug-likeness (QED) is 0.823. The van der Waals surface area contributed by atoms with Crippen molar-refractivity contribution in [2.45, 2.75) is 67.5 Å². The topological polar surface area (TPSA) is 46.5 Å². The van der Waals surface area contributed by atoms with Gasteiger partial charge in [0.1, 0.15) is 6.61 Å². The molecular formula is C19H26O3S. The number of fused-ring (bicyclic) bond motifs is 1. The Labute approximate surface area is 142 Å². The lowest BCUT2D eigenvalue weighted by Gasteiger charge is -2.55. The second kappa shape index (κ2) is 7.27. The van der Waals surface area contributed by atoms with Gasteiger partial charge in [0.15, 0.2) is 0 Å². The summed E-state index contributed by atoms with van der Waals surface area (Å²) < 4.78 is 6.20. The molecule has 2 aliphatic carbocycles. The summed E-state index contributed by atoms with van der Waals surface area (Å²) in [6.45, 7) is -0.159. The molecule has 126 valence electrons. The molecule has 1 aromatic carbocycles. The molecule has 1 N–H and O–H groups in total. The third kappa shape index (κ3) is 3.58. The second-order valence-electron chi connectivity index (χ2n) is 6.86. The molecule has 0 radical (unpaired) electrons. The van der Waals surface area contributed by atoms with Crippen LogP contribution in [0.25, 0.3) is 0 Å². The van der Waals surface area contributed by atoms with Gasteiger partial charge in [-0.05, 0) is 31.2 Å². The Balaban J connectivity index is 1.79. The van der Waals surface area contributed by atoms with Crippen molar-refractivity contribution in [1.29, 1.82) is 0 Å². The summed E-state index contributed by atoms with van der Waals surface area (Å²) >= 11 is 2.01. The van der Waals surface area contributed by atoms with E-state index in [9.17, 15) is 4.79 Å². The third-order valence-electron chi connectivity index (χ3n) is 5.48. The number of hydrogen-bond donors (Lipinski definition) is 1. The van der Waals surface area contributed by atoms with Gasteiger partial charge in [0.05, 0.1) is 5.60 Å². The fourth-order valence-electron chi connectivity index (χ4n) is 4.35. The molecule has 0 aromatic heterocycles. The molecule has 3 nitrogen and oxygen atoms in total. The van der Waals surface area contributed by atoms with Gasteiger partial charge in [-0.1, -0.05) is 56.0 Å². The van der Waals surface area contributed by atoms with Gasteiger partial charge in [-0.25, -0.2) is 4.79 Å². The highest BCUT2D eigenvalue weighted by atomic mass is 32.2. The molecule has 0 unspecified atom stereocenters. The van der Waals surface area contributed by atoms with E-state index in [1.165, 1.54) is 18.4 Å². The van der Waals surface area contributed by atoms with Crippen molar-refractivity contribution in [1.82, 2.24) is 0 Å². The molecule has 23 heavy (non-hydrogen) atoms. The highest BCUT2D eigenvalue weighted by Crippen LogP contribution is 2.57. The van der Waals surface area contributed by atoms with Gasteiger partial charge in [-0.3, -0.25) is 0 Å². The van der Waals surface area contributed by atoms with E-state index in [2.05, 4.69) is 24.3 Å². The first kappa shape index (κ1) is 16.8. The lowest BCUT2D eigenvalue weighted by Crippen LogP contribution is -2.58. The Kier molecular flexibility index (Phi) is 5.32. The minimum Gasteiger partial charge on any atom is -0.480 e. The number of thioether (sulfide) groups is 1. The molecule has 1 aromatic rings. The van der Waals surface area contributed by atoms with Crippen LogP contribution in [0.4, 0.5) is 0 Å². The molecule has 2 saturated carbocycles. The Morgan fingerprint density at radius 1 is 1.04 bits per heavy atom. The number of carboxylic acid groups (broad SMARTS) is 1. The Morgan fingerprint density at radius 3 is 2.26 bits per heavy atom. The van der Waals surface area contributed by atoms with Crippen molar-refractivity contribution < 1.29 is 14.6 Å². The molecule has 0 atom stereocenters. The van der Waals surface area contributed by atoms with E-state index in [0.717, 1.165) is 44.3 Å². The van der Waals surface area contributed by atoms with E-state index in [1.807, 2.05) is 17.8 Å². The monoisotopic (exact) mass is 334 g/mol. The molecule has 0 bridgehead atoms. The van der Waals surface area contributed by atoms with Crippen molar-refractivity contribution in [2.24, 2.45) is 0 Å². The summed E-state index contributed by atoms with van der Waals surface area (Å²) in [6.07, 6.45) is 9.14. The minimum atomic E-state index is -0.850. The van der Waals surface area contributed by atoms with E-state index in [4.69, 9.17) is 9.84 Å². The zero-order valence-electron chi connectivity index (χ0n) is 13.6. The molecule has 0 spiro atoms. The summed E-state index contributed by atoms with van der Waals surface area (Å²) in [7, 11) is 0. The van der Waals surface area contributed by atoms with E-state index < -0.39 is 5.97 Å². The van der Waals surface area contributed by atoms with Crippen LogP contribution < -0.4 is 0 Å². The average molecular weight is 334 g/mol. The molecule has 4 heteroatoms. The standard InChI is InChI=1S/C19H26O3S/c20-17(21)14-22-18-10-4-6-12-19(18,13-7-5-11-18)23-15-16-8-2-1-3-9-16/h1-3,8-9H,4-7,10-15H2,(H,20,21). The molecular weight excluding hydrogens is 308 g/mol. The zero-order chi connectivity index (χ0) is 16.2. The van der Waals surface area contributed by atoms with Crippen LogP contribution in [0.2, 0.25) is 0 Å². The van der Waals surface area contributed by atoms with Gasteiger partial charge in [0.2, 0.25) is 0 Å². The van der Waals surface area contributed by atoms with Gasteiger partial charge in [-0.15, -0.1) is 11.8 Å². The summed E-state index contributed by atoms with van der Waals surface area (Å²) in [5, 5.41) is 9.09. The largest absolute Gasteiger partial charge is 0.480 e. The number of carbonyl (C=O) groups is 1. The van der Waals surface area contributed by atoms with Crippen LogP contribution in [-0.4, -0.2) is 28.0 Å². The SMILES string of the molecule is O=C(O)COC12CCCCC1(SCc1ccccc1)CCCC2. The highest BCUT2D eigenvalue weighted by molar-refractivity contribution is 8.00. The van der Waals surface area contributed by atoms with Crippen molar-refractivity contribution in [3.63, 3.8) is 0 Å². The predicted octanol–water partition coefficient (Wildman–Crippen LogP) is 4.65. The van der Waals surface area contributed by atoms with Crippen LogP contribution in [0.1, 0.15) is 56.9 Å². The van der Waals surface area contributed by atoms with E-state index in [0.29, 0.717) is 0 Å². The molecule has 2 fully saturated rings. The Hall–Kier alpha value is -1.00. The average Bonchev–Trinajstić information content (AvgIpc) is 2.59. The van der Waals surface area contributed by atoms with Crippen molar-refractivity contribution >= 4 is 17.7 Å². The summed E-state index contributed by atoms with van der Waals surface area (Å²) in [4.78, 5) is 11.1. The highest BCUT2D eigenvalue weighted by Gasteiger charge is 2.55. The first-order valence-electron chi connectivity index (χ1n) is 8.70. The number of carboxylic acids is 1. The van der Waals surface area contributed by atoms with E-state index in [1.54, 1.807) is 0 Å². The first-order chi connectivity index (χ1) is 11.2. The second-order valence-corrected chi connectivity index (χ2v) is 8.22. The van der Waals surface area contributed by atoms with Crippen LogP contribution in [-0.2, 0) is 15.3 Å². The third-order valence-corrected chi connectivity index (χ3v) is 7.29. The normalized spacial score (nSPS) is 30.6. The van der Waals surface area contributed by atoms with E-state index >= 15 is 0 Å². The maximum absolute atomic E-state index is 11.1. The fraction of sp³-hybridized carbons (Fsp3) is 0.632. The molecule has 0 amide bonds. The van der Waals surface area contributed by atoms with Gasteiger partial charge in [-0.2, -0.15) is 0 Å². The predicted molar refractivity (Wildman–Crippen MR) is 93.7 cm³/mol. The van der Waals surface area contributed by atoms with E-state index in [-0.39, 0.29) is 17.0 Å². The maximum Gasteiger partial charge on any atom is 0.329 e. The van der Waals surface area contributed by atoms with Crippen molar-refractivity contribution in [2.75, 3.05) is 6.61 Å². The summed E-state index contributed by atoms with van der Waals surface area (Å²) in [5.41, 5.74) is 1.11. The summed E-state index contributed by atoms with van der Waals surface area (Å²) in [5.74, 6) is 0.136. The molecule has 2 aliphatic rings. The van der Waals surface area contributed by atoms with Gasteiger partial charge >= 0.3 is 5.97 Å². The van der Waals surface area contributed by atoms with Crippen molar-refractivity contribution in [3.8, 4) is 0 Å². The van der Waals surface area contributed by atoms with Crippen LogP contribution in [0.15, 0.2) is 30.3 Å². The Bertz CT molecular complexity index is 517. The van der Waals surface area contributed by atoms with Gasteiger partial charge in [0.25, 0.3) is 0 Å². The lowest BCUT2D eigenvalue weighted by atomic mass is 9.66.